The molecule has 114 valence electrons. The zero-order chi connectivity index (χ0) is 16.2. The molecule has 0 unspecified atom stereocenters. The first-order valence-corrected chi connectivity index (χ1v) is 7.22. The highest BCUT2D eigenvalue weighted by molar-refractivity contribution is 5.74. The van der Waals surface area contributed by atoms with E-state index in [1.807, 2.05) is 18.2 Å². The van der Waals surface area contributed by atoms with E-state index < -0.39 is 0 Å². The van der Waals surface area contributed by atoms with Crippen LogP contribution in [-0.4, -0.2) is 34.9 Å². The van der Waals surface area contributed by atoms with E-state index in [2.05, 4.69) is 34.9 Å². The topological polar surface area (TPSA) is 90.2 Å². The van der Waals surface area contributed by atoms with E-state index in [9.17, 15) is 0 Å². The van der Waals surface area contributed by atoms with Crippen LogP contribution in [0.1, 0.15) is 0 Å². The summed E-state index contributed by atoms with van der Waals surface area (Å²) in [6, 6.07) is 9.39. The number of aromatic nitrogens is 7. The molecule has 0 atom stereocenters. The first-order valence-electron chi connectivity index (χ1n) is 7.22. The van der Waals surface area contributed by atoms with Crippen LogP contribution < -0.4 is 0 Å². The molecular weight excluding hydrogens is 302 g/mol. The first-order chi connectivity index (χ1) is 11.9. The molecule has 0 aliphatic carbocycles. The Bertz CT molecular complexity index is 805. The van der Waals surface area contributed by atoms with Gasteiger partial charge in [-0.15, -0.1) is 0 Å². The summed E-state index contributed by atoms with van der Waals surface area (Å²) in [6.07, 6.45) is 9.75. The van der Waals surface area contributed by atoms with Gasteiger partial charge in [0.2, 0.25) is 0 Å². The molecule has 3 aromatic heterocycles. The molecule has 7 heteroatoms. The van der Waals surface area contributed by atoms with Crippen LogP contribution in [0.15, 0.2) is 67.8 Å². The number of benzene rings is 1. The van der Waals surface area contributed by atoms with Gasteiger partial charge in [0.15, 0.2) is 17.5 Å². The Morgan fingerprint density at radius 1 is 0.458 bits per heavy atom. The maximum Gasteiger partial charge on any atom is 0.162 e. The van der Waals surface area contributed by atoms with Gasteiger partial charge in [-0.05, 0) is 30.3 Å². The van der Waals surface area contributed by atoms with Gasteiger partial charge in [-0.3, -0.25) is 0 Å². The van der Waals surface area contributed by atoms with E-state index in [1.165, 1.54) is 12.7 Å². The maximum atomic E-state index is 4.31. The second-order valence-corrected chi connectivity index (χ2v) is 4.91. The van der Waals surface area contributed by atoms with Gasteiger partial charge < -0.3 is 0 Å². The lowest BCUT2D eigenvalue weighted by Crippen LogP contribution is -1.94. The molecule has 0 radical (unpaired) electrons. The molecule has 0 amide bonds. The fourth-order valence-corrected chi connectivity index (χ4v) is 2.30. The Morgan fingerprint density at radius 3 is 1.25 bits per heavy atom. The third kappa shape index (κ3) is 2.82. The third-order valence-electron chi connectivity index (χ3n) is 3.33. The average molecular weight is 313 g/mol. The fraction of sp³-hybridized carbons (Fsp3) is 0. The molecule has 0 aliphatic heterocycles. The summed E-state index contributed by atoms with van der Waals surface area (Å²) in [6.45, 7) is 0. The summed E-state index contributed by atoms with van der Waals surface area (Å²) < 4.78 is 0. The van der Waals surface area contributed by atoms with Gasteiger partial charge in [-0.1, -0.05) is 0 Å². The maximum absolute atomic E-state index is 4.31. The van der Waals surface area contributed by atoms with Gasteiger partial charge in [0, 0.05) is 41.5 Å². The minimum Gasteiger partial charge on any atom is -0.237 e. The number of nitrogens with zero attached hydrogens (tertiary/aromatic N) is 7. The summed E-state index contributed by atoms with van der Waals surface area (Å²) >= 11 is 0. The minimum atomic E-state index is 0.569. The van der Waals surface area contributed by atoms with Gasteiger partial charge in [0.05, 0.1) is 0 Å². The molecule has 0 fully saturated rings. The van der Waals surface area contributed by atoms with Gasteiger partial charge in [-0.25, -0.2) is 34.9 Å². The normalized spacial score (nSPS) is 10.5. The van der Waals surface area contributed by atoms with Crippen LogP contribution in [0.2, 0.25) is 0 Å². The summed E-state index contributed by atoms with van der Waals surface area (Å²) in [4.78, 5) is 29.5. The van der Waals surface area contributed by atoms with E-state index in [1.54, 1.807) is 36.9 Å². The molecule has 0 saturated heterocycles. The Balaban J connectivity index is 1.92. The lowest BCUT2D eigenvalue weighted by Gasteiger charge is -2.07. The van der Waals surface area contributed by atoms with Crippen molar-refractivity contribution in [1.82, 2.24) is 34.9 Å². The standard InChI is InChI=1S/C17H11N7/c1-3-19-15(20-4-1)12-7-13(16-21-5-2-6-22-16)9-14(8-12)17-23-10-18-11-24-17/h1-11H. The van der Waals surface area contributed by atoms with Gasteiger partial charge in [0.1, 0.15) is 12.7 Å². The van der Waals surface area contributed by atoms with Crippen molar-refractivity contribution in [3.63, 3.8) is 0 Å². The predicted molar refractivity (Wildman–Crippen MR) is 87.3 cm³/mol. The van der Waals surface area contributed by atoms with Crippen LogP contribution in [0.4, 0.5) is 0 Å². The molecule has 0 aliphatic rings. The fourth-order valence-electron chi connectivity index (χ4n) is 2.30. The van der Waals surface area contributed by atoms with Crippen LogP contribution >= 0.6 is 0 Å². The largest absolute Gasteiger partial charge is 0.237 e. The van der Waals surface area contributed by atoms with Crippen molar-refractivity contribution in [3.05, 3.63) is 67.8 Å². The monoisotopic (exact) mass is 313 g/mol. The van der Waals surface area contributed by atoms with Crippen LogP contribution in [0, 0.1) is 0 Å². The first kappa shape index (κ1) is 14.0. The van der Waals surface area contributed by atoms with Gasteiger partial charge in [-0.2, -0.15) is 0 Å². The second-order valence-electron chi connectivity index (χ2n) is 4.91. The van der Waals surface area contributed by atoms with Gasteiger partial charge in [0.25, 0.3) is 0 Å². The molecule has 0 bridgehead atoms. The van der Waals surface area contributed by atoms with E-state index >= 15 is 0 Å². The summed E-state index contributed by atoms with van der Waals surface area (Å²) in [5.41, 5.74) is 2.51. The quantitative estimate of drug-likeness (QED) is 0.573. The lowest BCUT2D eigenvalue weighted by atomic mass is 10.0. The van der Waals surface area contributed by atoms with Crippen molar-refractivity contribution >= 4 is 0 Å². The van der Waals surface area contributed by atoms with Crippen molar-refractivity contribution in [1.29, 1.82) is 0 Å². The molecule has 4 rings (SSSR count). The Morgan fingerprint density at radius 2 is 0.833 bits per heavy atom. The lowest BCUT2D eigenvalue weighted by molar-refractivity contribution is 1.05. The molecule has 7 nitrogen and oxygen atoms in total. The van der Waals surface area contributed by atoms with E-state index in [4.69, 9.17) is 0 Å². The van der Waals surface area contributed by atoms with E-state index in [0.717, 1.165) is 16.7 Å². The highest BCUT2D eigenvalue weighted by atomic mass is 15.0. The summed E-state index contributed by atoms with van der Waals surface area (Å²) in [5, 5.41) is 0. The van der Waals surface area contributed by atoms with E-state index in [-0.39, 0.29) is 0 Å². The van der Waals surface area contributed by atoms with Crippen LogP contribution in [-0.2, 0) is 0 Å². The third-order valence-corrected chi connectivity index (χ3v) is 3.33. The molecule has 24 heavy (non-hydrogen) atoms. The molecule has 0 saturated carbocycles. The van der Waals surface area contributed by atoms with Crippen molar-refractivity contribution in [2.24, 2.45) is 0 Å². The highest BCUT2D eigenvalue weighted by Gasteiger charge is 2.11. The van der Waals surface area contributed by atoms with Crippen LogP contribution in [0.5, 0.6) is 0 Å². The van der Waals surface area contributed by atoms with Crippen molar-refractivity contribution in [3.8, 4) is 34.2 Å². The molecule has 1 aromatic carbocycles. The molecule has 0 N–H and O–H groups in total. The number of hydrogen-bond acceptors (Lipinski definition) is 7. The van der Waals surface area contributed by atoms with Crippen molar-refractivity contribution in [2.75, 3.05) is 0 Å². The summed E-state index contributed by atoms with van der Waals surface area (Å²) in [5.74, 6) is 1.80. The Hall–Kier alpha value is -3.61. The van der Waals surface area contributed by atoms with Crippen molar-refractivity contribution < 1.29 is 0 Å². The zero-order valence-corrected chi connectivity index (χ0v) is 12.5. The number of rotatable bonds is 3. The van der Waals surface area contributed by atoms with Crippen LogP contribution in [0.25, 0.3) is 34.2 Å². The van der Waals surface area contributed by atoms with E-state index in [0.29, 0.717) is 17.5 Å². The highest BCUT2D eigenvalue weighted by Crippen LogP contribution is 2.28. The molecular formula is C17H11N7. The average Bonchev–Trinajstić information content (AvgIpc) is 2.70. The summed E-state index contributed by atoms with van der Waals surface area (Å²) in [7, 11) is 0. The molecule has 3 heterocycles. The zero-order valence-electron chi connectivity index (χ0n) is 12.5. The predicted octanol–water partition coefficient (Wildman–Crippen LogP) is 2.45. The number of hydrogen-bond donors (Lipinski definition) is 0. The van der Waals surface area contributed by atoms with Gasteiger partial charge >= 0.3 is 0 Å². The minimum absolute atomic E-state index is 0.569. The molecule has 0 spiro atoms. The Labute approximate surface area is 137 Å². The van der Waals surface area contributed by atoms with Crippen molar-refractivity contribution in [2.45, 2.75) is 0 Å². The smallest absolute Gasteiger partial charge is 0.162 e. The SMILES string of the molecule is c1cnc(-c2cc(-c3ncccn3)cc(-c3ncncn3)c2)nc1. The molecule has 4 aromatic rings. The second kappa shape index (κ2) is 6.25. The Kier molecular flexibility index (Phi) is 3.65. The van der Waals surface area contributed by atoms with Crippen LogP contribution in [0.3, 0.4) is 0 Å².